The second-order valence-corrected chi connectivity index (χ2v) is 9.92. The van der Waals surface area contributed by atoms with Crippen LogP contribution in [0.3, 0.4) is 0 Å². The fraction of sp³-hybridized carbons (Fsp3) is 0.500. The van der Waals surface area contributed by atoms with Crippen LogP contribution in [-0.2, 0) is 31.6 Å². The molecule has 0 bridgehead atoms. The molecule has 0 radical (unpaired) electrons. The summed E-state index contributed by atoms with van der Waals surface area (Å²) in [5, 5.41) is 0. The predicted molar refractivity (Wildman–Crippen MR) is 83.8 cm³/mol. The van der Waals surface area contributed by atoms with E-state index in [4.69, 9.17) is 10.5 Å². The Morgan fingerprint density at radius 3 is 2.24 bits per heavy atom. The number of anilines is 1. The maximum Gasteiger partial charge on any atom is 1.00 e. The number of ether oxygens (including phenoxy) is 1. The number of imidazole rings is 1. The maximum atomic E-state index is 11.5. The van der Waals surface area contributed by atoms with Gasteiger partial charge >= 0.3 is 75.4 Å². The summed E-state index contributed by atoms with van der Waals surface area (Å²) in [6, 6.07) is 0. The molecule has 1 fully saturated rings. The van der Waals surface area contributed by atoms with Gasteiger partial charge in [0, 0.05) is 0 Å². The SMILES string of the molecule is Nc1ncnc2c1ncn2[C@H]1CC[C@@H](COP(=O)([O-])OP(=O)([O-])OP(=O)([O-])[O-])O1.[Li+].[Li+].[Li+].[Li+]. The van der Waals surface area contributed by atoms with Gasteiger partial charge in [-0.25, -0.2) is 19.3 Å². The van der Waals surface area contributed by atoms with Crippen molar-refractivity contribution in [3.05, 3.63) is 12.7 Å². The normalized spacial score (nSPS) is 21.5. The average molecular weight is 499 g/mol. The molecule has 0 aliphatic carbocycles. The minimum atomic E-state index is -6.04. The number of nitrogens with two attached hydrogens (primary N) is 1. The Labute approximate surface area is 235 Å². The molecule has 2 unspecified atom stereocenters. The minimum Gasteiger partial charge on any atom is -0.790 e. The van der Waals surface area contributed by atoms with Crippen LogP contribution in [-0.4, -0.2) is 32.2 Å². The summed E-state index contributed by atoms with van der Waals surface area (Å²) in [5.74, 6) is 0.168. The molecule has 0 saturated carbocycles. The quantitative estimate of drug-likeness (QED) is 0.262. The fourth-order valence-corrected chi connectivity index (χ4v) is 5.44. The van der Waals surface area contributed by atoms with Crippen molar-refractivity contribution in [1.29, 1.82) is 0 Å². The molecule has 1 aliphatic rings. The van der Waals surface area contributed by atoms with Gasteiger partial charge in [-0.2, -0.15) is 0 Å². The van der Waals surface area contributed by atoms with Gasteiger partial charge < -0.3 is 39.1 Å². The number of aromatic nitrogens is 4. The van der Waals surface area contributed by atoms with Crippen LogP contribution in [0.25, 0.3) is 11.2 Å². The van der Waals surface area contributed by atoms with Gasteiger partial charge in [-0.3, -0.25) is 18.0 Å². The third-order valence-electron chi connectivity index (χ3n) is 3.60. The molecule has 2 N–H and O–H groups in total. The van der Waals surface area contributed by atoms with Crippen LogP contribution in [0.5, 0.6) is 0 Å². The van der Waals surface area contributed by atoms with Crippen LogP contribution in [0.2, 0.25) is 0 Å². The van der Waals surface area contributed by atoms with Crippen LogP contribution < -0.4 is 101 Å². The first-order valence-electron chi connectivity index (χ1n) is 7.65. The molecule has 3 heterocycles. The van der Waals surface area contributed by atoms with Gasteiger partial charge in [0.25, 0.3) is 15.6 Å². The van der Waals surface area contributed by atoms with Crippen molar-refractivity contribution >= 4 is 40.4 Å². The van der Waals surface area contributed by atoms with E-state index in [0.717, 1.165) is 0 Å². The molecule has 0 amide bonds. The fourth-order valence-electron chi connectivity index (χ4n) is 2.55. The Kier molecular flexibility index (Phi) is 15.6. The van der Waals surface area contributed by atoms with Crippen molar-refractivity contribution in [2.75, 3.05) is 12.3 Å². The van der Waals surface area contributed by atoms with Crippen molar-refractivity contribution in [2.45, 2.75) is 25.2 Å². The van der Waals surface area contributed by atoms with Crippen molar-refractivity contribution in [2.24, 2.45) is 0 Å². The first-order chi connectivity index (χ1) is 13.4. The van der Waals surface area contributed by atoms with Gasteiger partial charge in [-0.05, 0) is 12.8 Å². The molecule has 0 aromatic carbocycles. The minimum absolute atomic E-state index is 0. The smallest absolute Gasteiger partial charge is 0.790 e. The number of hydrogen-bond acceptors (Lipinski definition) is 15. The number of phosphoric acid groups is 3. The Balaban J connectivity index is 0. The molecule has 0 spiro atoms. The predicted octanol–water partition coefficient (Wildman–Crippen LogP) is -14.1. The van der Waals surface area contributed by atoms with E-state index in [9.17, 15) is 33.3 Å². The molecule has 1 aliphatic heterocycles. The molecular weight excluding hydrogens is 487 g/mol. The molecule has 4 atom stereocenters. The summed E-state index contributed by atoms with van der Waals surface area (Å²) in [5.41, 5.74) is 6.45. The number of hydrogen-bond donors (Lipinski definition) is 1. The van der Waals surface area contributed by atoms with Gasteiger partial charge in [0.15, 0.2) is 11.5 Å². The number of nitrogens with zero attached hydrogens (tertiary/aromatic N) is 4. The van der Waals surface area contributed by atoms with E-state index in [1.807, 2.05) is 0 Å². The van der Waals surface area contributed by atoms with Crippen LogP contribution in [0.1, 0.15) is 19.1 Å². The standard InChI is InChI=1S/C10H16N5O11P3.4Li/c11-9-8-10(13-4-12-9)15(5-14-8)7-2-1-6(24-7)3-23-28(19,20)26-29(21,22)25-27(16,17)18;;;;/h4-7H,1-3H2,(H,19,20)(H,21,22)(H2,11,12,13)(H2,16,17,18);;;;/q;4*+1/p-4/t6-,7+;;;;/m0..../s1. The summed E-state index contributed by atoms with van der Waals surface area (Å²) in [6.45, 7) is -0.645. The van der Waals surface area contributed by atoms with E-state index in [2.05, 4.69) is 28.1 Å². The zero-order valence-corrected chi connectivity index (χ0v) is 20.8. The van der Waals surface area contributed by atoms with Crippen molar-refractivity contribution in [3.63, 3.8) is 0 Å². The number of nitrogen functional groups attached to an aromatic ring is 1. The molecule has 162 valence electrons. The second-order valence-electron chi connectivity index (χ2n) is 5.67. The van der Waals surface area contributed by atoms with E-state index < -0.39 is 42.4 Å². The Hall–Kier alpha value is 1.11. The van der Waals surface area contributed by atoms with Crippen LogP contribution in [0.4, 0.5) is 5.82 Å². The average Bonchev–Trinajstić information content (AvgIpc) is 3.16. The van der Waals surface area contributed by atoms with E-state index in [1.165, 1.54) is 12.7 Å². The topological polar surface area (TPSA) is 250 Å². The summed E-state index contributed by atoms with van der Waals surface area (Å²) in [6.07, 6.45) is 2.00. The molecular formula is C10H12Li4N5O11P3. The molecule has 16 nitrogen and oxygen atoms in total. The van der Waals surface area contributed by atoms with E-state index in [0.29, 0.717) is 24.0 Å². The first kappa shape index (κ1) is 36.3. The zero-order chi connectivity index (χ0) is 21.4. The van der Waals surface area contributed by atoms with Crippen molar-refractivity contribution < 1.29 is 127 Å². The van der Waals surface area contributed by atoms with Crippen LogP contribution in [0.15, 0.2) is 12.7 Å². The number of rotatable bonds is 8. The van der Waals surface area contributed by atoms with Gasteiger partial charge in [-0.15, -0.1) is 0 Å². The first-order valence-corrected chi connectivity index (χ1v) is 12.0. The van der Waals surface area contributed by atoms with Crippen LogP contribution in [0, 0.1) is 0 Å². The van der Waals surface area contributed by atoms with Gasteiger partial charge in [-0.1, -0.05) is 0 Å². The third kappa shape index (κ3) is 10.6. The Morgan fingerprint density at radius 2 is 1.64 bits per heavy atom. The monoisotopic (exact) mass is 499 g/mol. The number of phosphoric ester groups is 1. The summed E-state index contributed by atoms with van der Waals surface area (Å²) in [4.78, 5) is 55.2. The van der Waals surface area contributed by atoms with E-state index >= 15 is 0 Å². The molecule has 33 heavy (non-hydrogen) atoms. The van der Waals surface area contributed by atoms with E-state index in [-0.39, 0.29) is 81.3 Å². The van der Waals surface area contributed by atoms with Gasteiger partial charge in [0.1, 0.15) is 18.1 Å². The molecule has 23 heteroatoms. The molecule has 2 aromatic heterocycles. The largest absolute Gasteiger partial charge is 1.00 e. The molecule has 3 rings (SSSR count). The summed E-state index contributed by atoms with van der Waals surface area (Å²) < 4.78 is 51.1. The summed E-state index contributed by atoms with van der Waals surface area (Å²) >= 11 is 0. The Morgan fingerprint density at radius 1 is 1.00 bits per heavy atom. The molecule has 2 aromatic rings. The van der Waals surface area contributed by atoms with Crippen molar-refractivity contribution in [1.82, 2.24) is 19.5 Å². The zero-order valence-electron chi connectivity index (χ0n) is 18.1. The van der Waals surface area contributed by atoms with Gasteiger partial charge in [0.2, 0.25) is 0 Å². The van der Waals surface area contributed by atoms with Crippen molar-refractivity contribution in [3.8, 4) is 0 Å². The summed E-state index contributed by atoms with van der Waals surface area (Å²) in [7, 11) is -17.6. The van der Waals surface area contributed by atoms with E-state index in [1.54, 1.807) is 4.57 Å². The maximum absolute atomic E-state index is 11.5. The second kappa shape index (κ2) is 14.2. The number of fused-ring (bicyclic) bond motifs is 1. The molecule has 1 saturated heterocycles. The Bertz CT molecular complexity index is 1060. The van der Waals surface area contributed by atoms with Gasteiger partial charge in [0.05, 0.1) is 26.9 Å². The van der Waals surface area contributed by atoms with Crippen LogP contribution >= 0.6 is 23.5 Å². The third-order valence-corrected chi connectivity index (χ3v) is 7.27.